The molecule has 2 aliphatic rings. The molecule has 1 saturated carbocycles. The van der Waals surface area contributed by atoms with E-state index in [1.807, 2.05) is 19.9 Å². The molecule has 0 radical (unpaired) electrons. The SMILES string of the molecule is COc1c(C)cc(C)cc1S(=O)(=O)N1CCC(NCC2CC2)CC1.Cl. The van der Waals surface area contributed by atoms with Crippen molar-refractivity contribution < 1.29 is 13.2 Å². The summed E-state index contributed by atoms with van der Waals surface area (Å²) in [7, 11) is -1.98. The molecule has 1 aliphatic carbocycles. The molecule has 5 nitrogen and oxygen atoms in total. The van der Waals surface area contributed by atoms with Crippen molar-refractivity contribution in [3.63, 3.8) is 0 Å². The summed E-state index contributed by atoms with van der Waals surface area (Å²) in [5.41, 5.74) is 1.80. The zero-order valence-electron chi connectivity index (χ0n) is 15.2. The Morgan fingerprint density at radius 1 is 1.16 bits per heavy atom. The van der Waals surface area contributed by atoms with E-state index in [0.717, 1.165) is 36.4 Å². The fourth-order valence-electron chi connectivity index (χ4n) is 3.46. The van der Waals surface area contributed by atoms with E-state index in [0.29, 0.717) is 29.8 Å². The van der Waals surface area contributed by atoms with Crippen molar-refractivity contribution in [1.82, 2.24) is 9.62 Å². The quantitative estimate of drug-likeness (QED) is 0.814. The average Bonchev–Trinajstić information content (AvgIpc) is 3.37. The van der Waals surface area contributed by atoms with Crippen LogP contribution in [0.15, 0.2) is 17.0 Å². The number of sulfonamides is 1. The van der Waals surface area contributed by atoms with Gasteiger partial charge in [-0.05, 0) is 69.2 Å². The molecule has 7 heteroatoms. The maximum absolute atomic E-state index is 13.1. The predicted octanol–water partition coefficient (Wildman–Crippen LogP) is 2.89. The lowest BCUT2D eigenvalue weighted by molar-refractivity contribution is 0.287. The second-order valence-electron chi connectivity index (χ2n) is 7.14. The van der Waals surface area contributed by atoms with Crippen molar-refractivity contribution in [2.75, 3.05) is 26.7 Å². The number of ether oxygens (including phenoxy) is 1. The van der Waals surface area contributed by atoms with Crippen LogP contribution >= 0.6 is 12.4 Å². The third-order valence-electron chi connectivity index (χ3n) is 5.05. The summed E-state index contributed by atoms with van der Waals surface area (Å²) < 4.78 is 33.2. The van der Waals surface area contributed by atoms with Crippen LogP contribution in [0.3, 0.4) is 0 Å². The van der Waals surface area contributed by atoms with Crippen LogP contribution in [0.4, 0.5) is 0 Å². The first-order valence-electron chi connectivity index (χ1n) is 8.80. The molecule has 25 heavy (non-hydrogen) atoms. The van der Waals surface area contributed by atoms with Gasteiger partial charge < -0.3 is 10.1 Å². The third kappa shape index (κ3) is 4.67. The Morgan fingerprint density at radius 3 is 2.36 bits per heavy atom. The predicted molar refractivity (Wildman–Crippen MR) is 102 cm³/mol. The molecule has 0 bridgehead atoms. The second kappa shape index (κ2) is 8.25. The van der Waals surface area contributed by atoms with E-state index in [1.54, 1.807) is 10.4 Å². The highest BCUT2D eigenvalue weighted by molar-refractivity contribution is 7.89. The van der Waals surface area contributed by atoms with Gasteiger partial charge in [0.25, 0.3) is 0 Å². The van der Waals surface area contributed by atoms with Gasteiger partial charge in [0.2, 0.25) is 10.0 Å². The number of halogens is 1. The molecule has 3 rings (SSSR count). The van der Waals surface area contributed by atoms with Crippen LogP contribution in [-0.4, -0.2) is 45.5 Å². The molecule has 1 aliphatic heterocycles. The molecular formula is C18H29ClN2O3S. The van der Waals surface area contributed by atoms with Crippen molar-refractivity contribution in [2.45, 2.75) is 50.5 Å². The Balaban J connectivity index is 0.00000225. The molecule has 1 saturated heterocycles. The lowest BCUT2D eigenvalue weighted by Gasteiger charge is -2.32. The number of aryl methyl sites for hydroxylation is 2. The Kier molecular flexibility index (Phi) is 6.76. The summed E-state index contributed by atoms with van der Waals surface area (Å²) in [6.45, 7) is 6.03. The zero-order valence-corrected chi connectivity index (χ0v) is 16.9. The lowest BCUT2D eigenvalue weighted by Crippen LogP contribution is -2.45. The molecule has 0 unspecified atom stereocenters. The maximum atomic E-state index is 13.1. The fraction of sp³-hybridized carbons (Fsp3) is 0.667. The summed E-state index contributed by atoms with van der Waals surface area (Å²) in [6.07, 6.45) is 4.43. The van der Waals surface area contributed by atoms with E-state index in [2.05, 4.69) is 5.32 Å². The molecule has 1 aromatic rings. The number of methoxy groups -OCH3 is 1. The van der Waals surface area contributed by atoms with Gasteiger partial charge in [0, 0.05) is 19.1 Å². The number of nitrogens with zero attached hydrogens (tertiary/aromatic N) is 1. The van der Waals surface area contributed by atoms with Gasteiger partial charge in [-0.3, -0.25) is 0 Å². The van der Waals surface area contributed by atoms with Gasteiger partial charge in [0.05, 0.1) is 7.11 Å². The maximum Gasteiger partial charge on any atom is 0.246 e. The number of hydrogen-bond acceptors (Lipinski definition) is 4. The highest BCUT2D eigenvalue weighted by Crippen LogP contribution is 2.33. The van der Waals surface area contributed by atoms with Crippen LogP contribution in [0.25, 0.3) is 0 Å². The number of nitrogens with one attached hydrogen (secondary N) is 1. The summed E-state index contributed by atoms with van der Waals surface area (Å²) in [6, 6.07) is 4.11. The number of rotatable bonds is 6. The van der Waals surface area contributed by atoms with Crippen LogP contribution < -0.4 is 10.1 Å². The Hall–Kier alpha value is -0.820. The number of hydrogen-bond donors (Lipinski definition) is 1. The Morgan fingerprint density at radius 2 is 1.80 bits per heavy atom. The number of benzene rings is 1. The second-order valence-corrected chi connectivity index (χ2v) is 9.05. The van der Waals surface area contributed by atoms with Gasteiger partial charge in [0.1, 0.15) is 10.6 Å². The fourth-order valence-corrected chi connectivity index (χ4v) is 5.25. The molecule has 0 amide bonds. The third-order valence-corrected chi connectivity index (χ3v) is 6.96. The standard InChI is InChI=1S/C18H28N2O3S.ClH/c1-13-10-14(2)18(23-3)17(11-13)24(21,22)20-8-6-16(7-9-20)19-12-15-4-5-15;/h10-11,15-16,19H,4-9,12H2,1-3H3;1H. The van der Waals surface area contributed by atoms with Crippen molar-refractivity contribution in [1.29, 1.82) is 0 Å². The Bertz CT molecular complexity index is 697. The minimum atomic E-state index is -3.51. The van der Waals surface area contributed by atoms with E-state index in [1.165, 1.54) is 20.0 Å². The normalized spacial score (nSPS) is 19.5. The monoisotopic (exact) mass is 388 g/mol. The summed E-state index contributed by atoms with van der Waals surface area (Å²) >= 11 is 0. The summed E-state index contributed by atoms with van der Waals surface area (Å²) in [5.74, 6) is 1.32. The minimum Gasteiger partial charge on any atom is -0.495 e. The van der Waals surface area contributed by atoms with Gasteiger partial charge in [-0.15, -0.1) is 12.4 Å². The van der Waals surface area contributed by atoms with E-state index >= 15 is 0 Å². The largest absolute Gasteiger partial charge is 0.495 e. The lowest BCUT2D eigenvalue weighted by atomic mass is 10.1. The highest BCUT2D eigenvalue weighted by atomic mass is 35.5. The van der Waals surface area contributed by atoms with Crippen molar-refractivity contribution in [3.05, 3.63) is 23.3 Å². The minimum absolute atomic E-state index is 0. The van der Waals surface area contributed by atoms with E-state index < -0.39 is 10.0 Å². The van der Waals surface area contributed by atoms with Gasteiger partial charge >= 0.3 is 0 Å². The molecule has 0 aromatic heterocycles. The molecule has 0 spiro atoms. The first-order valence-corrected chi connectivity index (χ1v) is 10.2. The van der Waals surface area contributed by atoms with Crippen molar-refractivity contribution in [2.24, 2.45) is 5.92 Å². The summed E-state index contributed by atoms with van der Waals surface area (Å²) in [4.78, 5) is 0.298. The van der Waals surface area contributed by atoms with Crippen LogP contribution in [0.5, 0.6) is 5.75 Å². The molecule has 1 N–H and O–H groups in total. The van der Waals surface area contributed by atoms with E-state index in [9.17, 15) is 8.42 Å². The summed E-state index contributed by atoms with van der Waals surface area (Å²) in [5, 5.41) is 3.59. The first kappa shape index (κ1) is 20.5. The molecular weight excluding hydrogens is 360 g/mol. The van der Waals surface area contributed by atoms with Crippen LogP contribution in [0.1, 0.15) is 36.8 Å². The van der Waals surface area contributed by atoms with Gasteiger partial charge in [-0.25, -0.2) is 8.42 Å². The van der Waals surface area contributed by atoms with Gasteiger partial charge in [-0.2, -0.15) is 4.31 Å². The number of piperidine rings is 1. The smallest absolute Gasteiger partial charge is 0.246 e. The van der Waals surface area contributed by atoms with Crippen LogP contribution in [0.2, 0.25) is 0 Å². The molecule has 1 heterocycles. The zero-order chi connectivity index (χ0) is 17.3. The first-order chi connectivity index (χ1) is 11.4. The average molecular weight is 389 g/mol. The topological polar surface area (TPSA) is 58.6 Å². The molecule has 142 valence electrons. The molecule has 2 fully saturated rings. The van der Waals surface area contributed by atoms with Crippen molar-refractivity contribution in [3.8, 4) is 5.75 Å². The molecule has 0 atom stereocenters. The molecule has 1 aromatic carbocycles. The van der Waals surface area contributed by atoms with Gasteiger partial charge in [0.15, 0.2) is 0 Å². The van der Waals surface area contributed by atoms with E-state index in [-0.39, 0.29) is 12.4 Å². The highest BCUT2D eigenvalue weighted by Gasteiger charge is 2.32. The van der Waals surface area contributed by atoms with Crippen LogP contribution in [0, 0.1) is 19.8 Å². The Labute approximate surface area is 157 Å². The van der Waals surface area contributed by atoms with Gasteiger partial charge in [-0.1, -0.05) is 6.07 Å². The van der Waals surface area contributed by atoms with Crippen LogP contribution in [-0.2, 0) is 10.0 Å². The van der Waals surface area contributed by atoms with E-state index in [4.69, 9.17) is 4.74 Å². The van der Waals surface area contributed by atoms with Crippen molar-refractivity contribution >= 4 is 22.4 Å².